The molecule has 0 radical (unpaired) electrons. The first kappa shape index (κ1) is 15.5. The van der Waals surface area contributed by atoms with Gasteiger partial charge in [-0.15, -0.1) is 11.8 Å². The fraction of sp³-hybridized carbons (Fsp3) is 0.500. The van der Waals surface area contributed by atoms with E-state index in [-0.39, 0.29) is 11.4 Å². The highest BCUT2D eigenvalue weighted by Crippen LogP contribution is 2.27. The highest BCUT2D eigenvalue weighted by molar-refractivity contribution is 8.00. The number of carbonyl (C=O) groups is 1. The number of methoxy groups -OCH3 is 1. The molecule has 100 valence electrons. The van der Waals surface area contributed by atoms with E-state index in [0.29, 0.717) is 17.2 Å². The Kier molecular flexibility index (Phi) is 6.19. The summed E-state index contributed by atoms with van der Waals surface area (Å²) in [6.07, 6.45) is 1.28. The lowest BCUT2D eigenvalue weighted by molar-refractivity contribution is -0.118. The van der Waals surface area contributed by atoms with Crippen molar-refractivity contribution in [2.75, 3.05) is 12.9 Å². The Morgan fingerprint density at radius 1 is 1.39 bits per heavy atom. The monoisotopic (exact) mass is 286 g/mol. The quantitative estimate of drug-likeness (QED) is 0.703. The number of Topliss-reactive ketones (excluding diaryl/α,β-unsaturated/α-hetero) is 1. The van der Waals surface area contributed by atoms with Crippen molar-refractivity contribution in [2.45, 2.75) is 37.2 Å². The first-order chi connectivity index (χ1) is 8.44. The van der Waals surface area contributed by atoms with E-state index in [1.54, 1.807) is 7.11 Å². The van der Waals surface area contributed by atoms with Crippen LogP contribution in [-0.2, 0) is 9.53 Å². The normalized spacial score (nSPS) is 11.6. The number of benzene rings is 1. The molecule has 0 amide bonds. The minimum atomic E-state index is -0.231. The lowest BCUT2D eigenvalue weighted by atomic mass is 10.0. The molecule has 0 saturated carbocycles. The molecule has 0 spiro atoms. The van der Waals surface area contributed by atoms with Crippen molar-refractivity contribution in [3.8, 4) is 0 Å². The van der Waals surface area contributed by atoms with Crippen molar-refractivity contribution in [1.82, 2.24) is 0 Å². The molecule has 1 rings (SSSR count). The molecule has 0 aliphatic carbocycles. The van der Waals surface area contributed by atoms with Gasteiger partial charge in [0.05, 0.1) is 16.4 Å². The predicted octanol–water partition coefficient (Wildman–Crippen LogP) is 4.21. The molecule has 0 saturated heterocycles. The van der Waals surface area contributed by atoms with Gasteiger partial charge in [0, 0.05) is 18.4 Å². The zero-order valence-corrected chi connectivity index (χ0v) is 12.6. The van der Waals surface area contributed by atoms with Crippen molar-refractivity contribution in [2.24, 2.45) is 0 Å². The van der Waals surface area contributed by atoms with E-state index < -0.39 is 0 Å². The van der Waals surface area contributed by atoms with Gasteiger partial charge in [0.15, 0.2) is 0 Å². The molecule has 0 fully saturated rings. The van der Waals surface area contributed by atoms with Gasteiger partial charge in [0.1, 0.15) is 5.78 Å². The first-order valence-electron chi connectivity index (χ1n) is 5.89. The third-order valence-corrected chi connectivity index (χ3v) is 4.36. The number of rotatable bonds is 7. The van der Waals surface area contributed by atoms with Crippen molar-refractivity contribution in [3.63, 3.8) is 0 Å². The molecule has 2 nitrogen and oxygen atoms in total. The number of thioether (sulfide) groups is 1. The summed E-state index contributed by atoms with van der Waals surface area (Å²) < 4.78 is 5.29. The van der Waals surface area contributed by atoms with Gasteiger partial charge < -0.3 is 4.74 Å². The highest BCUT2D eigenvalue weighted by atomic mass is 35.5. The van der Waals surface area contributed by atoms with Gasteiger partial charge in [-0.05, 0) is 32.4 Å². The Hall–Kier alpha value is -0.510. The maximum atomic E-state index is 11.8. The number of carbonyl (C=O) groups excluding carboxylic acids is 1. The van der Waals surface area contributed by atoms with Gasteiger partial charge in [-0.2, -0.15) is 0 Å². The van der Waals surface area contributed by atoms with Crippen LogP contribution in [0.4, 0.5) is 0 Å². The van der Waals surface area contributed by atoms with Crippen LogP contribution >= 0.6 is 23.4 Å². The zero-order chi connectivity index (χ0) is 13.6. The summed E-state index contributed by atoms with van der Waals surface area (Å²) in [6.45, 7) is 3.98. The molecular formula is C14H19ClO2S. The Morgan fingerprint density at radius 2 is 2.06 bits per heavy atom. The van der Waals surface area contributed by atoms with Crippen molar-refractivity contribution < 1.29 is 9.53 Å². The molecule has 0 aliphatic rings. The van der Waals surface area contributed by atoms with Crippen molar-refractivity contribution >= 4 is 29.1 Å². The maximum Gasteiger partial charge on any atom is 0.143 e. The third kappa shape index (κ3) is 5.42. The van der Waals surface area contributed by atoms with Gasteiger partial charge in [-0.25, -0.2) is 0 Å². The number of ketones is 1. The molecule has 4 heteroatoms. The fourth-order valence-electron chi connectivity index (χ4n) is 1.33. The van der Waals surface area contributed by atoms with E-state index in [2.05, 4.69) is 0 Å². The summed E-state index contributed by atoms with van der Waals surface area (Å²) >= 11 is 7.52. The second kappa shape index (κ2) is 7.17. The Bertz CT molecular complexity index is 405. The van der Waals surface area contributed by atoms with Gasteiger partial charge in [0.2, 0.25) is 0 Å². The smallest absolute Gasteiger partial charge is 0.143 e. The predicted molar refractivity (Wildman–Crippen MR) is 77.5 cm³/mol. The lowest BCUT2D eigenvalue weighted by Gasteiger charge is -2.22. The molecule has 0 bridgehead atoms. The molecule has 0 unspecified atom stereocenters. The molecule has 1 aromatic rings. The molecule has 0 aliphatic heterocycles. The number of halogens is 1. The fourth-order valence-corrected chi connectivity index (χ4v) is 2.48. The van der Waals surface area contributed by atoms with E-state index in [0.717, 1.165) is 11.3 Å². The molecule has 0 N–H and O–H groups in total. The topological polar surface area (TPSA) is 26.3 Å². The summed E-state index contributed by atoms with van der Waals surface area (Å²) in [5.41, 5.74) is -0.231. The van der Waals surface area contributed by atoms with E-state index in [1.807, 2.05) is 38.1 Å². The minimum Gasteiger partial charge on any atom is -0.379 e. The molecule has 0 atom stereocenters. The van der Waals surface area contributed by atoms with Gasteiger partial charge in [-0.1, -0.05) is 23.7 Å². The van der Waals surface area contributed by atoms with Gasteiger partial charge in [-0.3, -0.25) is 4.79 Å². The van der Waals surface area contributed by atoms with E-state index in [1.165, 1.54) is 11.8 Å². The van der Waals surface area contributed by atoms with Crippen LogP contribution in [0.5, 0.6) is 0 Å². The van der Waals surface area contributed by atoms with Gasteiger partial charge in [0.25, 0.3) is 0 Å². The highest BCUT2D eigenvalue weighted by Gasteiger charge is 2.18. The SMILES string of the molecule is COC(C)(C)CCC(=O)CSc1ccccc1Cl. The Morgan fingerprint density at radius 3 is 2.67 bits per heavy atom. The van der Waals surface area contributed by atoms with Crippen LogP contribution in [0.15, 0.2) is 29.2 Å². The van der Waals surface area contributed by atoms with Gasteiger partial charge >= 0.3 is 0 Å². The summed E-state index contributed by atoms with van der Waals surface area (Å²) in [4.78, 5) is 12.7. The van der Waals surface area contributed by atoms with E-state index >= 15 is 0 Å². The van der Waals surface area contributed by atoms with Crippen LogP contribution in [0.25, 0.3) is 0 Å². The standard InChI is InChI=1S/C14H19ClO2S/c1-14(2,17-3)9-8-11(16)10-18-13-7-5-4-6-12(13)15/h4-7H,8-10H2,1-3H3. The zero-order valence-electron chi connectivity index (χ0n) is 11.0. The van der Waals surface area contributed by atoms with Crippen LogP contribution in [0.2, 0.25) is 5.02 Å². The molecule has 0 heterocycles. The number of hydrogen-bond donors (Lipinski definition) is 0. The number of ether oxygens (including phenoxy) is 1. The summed E-state index contributed by atoms with van der Waals surface area (Å²) in [5.74, 6) is 0.689. The lowest BCUT2D eigenvalue weighted by Crippen LogP contribution is -2.23. The largest absolute Gasteiger partial charge is 0.379 e. The van der Waals surface area contributed by atoms with Crippen LogP contribution < -0.4 is 0 Å². The summed E-state index contributed by atoms with van der Waals surface area (Å²) in [5, 5.41) is 0.701. The summed E-state index contributed by atoms with van der Waals surface area (Å²) in [7, 11) is 1.67. The van der Waals surface area contributed by atoms with Crippen molar-refractivity contribution in [1.29, 1.82) is 0 Å². The Balaban J connectivity index is 2.36. The van der Waals surface area contributed by atoms with E-state index in [9.17, 15) is 4.79 Å². The minimum absolute atomic E-state index is 0.227. The van der Waals surface area contributed by atoms with Crippen LogP contribution in [-0.4, -0.2) is 24.2 Å². The molecule has 18 heavy (non-hydrogen) atoms. The van der Waals surface area contributed by atoms with Crippen molar-refractivity contribution in [3.05, 3.63) is 29.3 Å². The summed E-state index contributed by atoms with van der Waals surface area (Å²) in [6, 6.07) is 7.57. The first-order valence-corrected chi connectivity index (χ1v) is 7.25. The molecule has 0 aromatic heterocycles. The average molecular weight is 287 g/mol. The molecule has 1 aromatic carbocycles. The second-order valence-corrected chi connectivity index (χ2v) is 6.15. The third-order valence-electron chi connectivity index (χ3n) is 2.78. The van der Waals surface area contributed by atoms with E-state index in [4.69, 9.17) is 16.3 Å². The number of hydrogen-bond acceptors (Lipinski definition) is 3. The van der Waals surface area contributed by atoms with Crippen LogP contribution in [0.1, 0.15) is 26.7 Å². The van der Waals surface area contributed by atoms with Crippen LogP contribution in [0.3, 0.4) is 0 Å². The maximum absolute atomic E-state index is 11.8. The second-order valence-electron chi connectivity index (χ2n) is 4.72. The average Bonchev–Trinajstić information content (AvgIpc) is 2.35. The van der Waals surface area contributed by atoms with Crippen LogP contribution in [0, 0.1) is 0 Å². The Labute approximate surface area is 118 Å². The molecular weight excluding hydrogens is 268 g/mol.